The highest BCUT2D eigenvalue weighted by Crippen LogP contribution is 2.31. The number of likely N-dealkylation sites (N-methyl/N-ethyl adjacent to an activating group) is 1. The maximum absolute atomic E-state index is 13.0. The Kier molecular flexibility index (Phi) is 3.82. The summed E-state index contributed by atoms with van der Waals surface area (Å²) in [5.74, 6) is 0.118. The summed E-state index contributed by atoms with van der Waals surface area (Å²) in [6.07, 6.45) is 3.77. The van der Waals surface area contributed by atoms with Crippen LogP contribution in [0.5, 0.6) is 0 Å². The van der Waals surface area contributed by atoms with Gasteiger partial charge in [-0.1, -0.05) is 42.5 Å². The van der Waals surface area contributed by atoms with Crippen LogP contribution in [-0.4, -0.2) is 53.9 Å². The smallest absolute Gasteiger partial charge is 0.256 e. The summed E-state index contributed by atoms with van der Waals surface area (Å²) in [6.45, 7) is 3.44. The van der Waals surface area contributed by atoms with Crippen LogP contribution in [0, 0.1) is 0 Å². The highest BCUT2D eigenvalue weighted by Gasteiger charge is 2.23. The van der Waals surface area contributed by atoms with Crippen molar-refractivity contribution >= 4 is 16.7 Å². The van der Waals surface area contributed by atoms with E-state index >= 15 is 0 Å². The van der Waals surface area contributed by atoms with E-state index in [0.29, 0.717) is 0 Å². The number of carbonyl (C=O) groups is 1. The molecule has 0 bridgehead atoms. The van der Waals surface area contributed by atoms with E-state index in [2.05, 4.69) is 47.3 Å². The largest absolute Gasteiger partial charge is 0.366 e. The number of amides is 1. The number of fused-ring (bicyclic) bond motifs is 1. The molecule has 1 aromatic heterocycles. The van der Waals surface area contributed by atoms with E-state index in [4.69, 9.17) is 0 Å². The summed E-state index contributed by atoms with van der Waals surface area (Å²) in [4.78, 5) is 20.3. The first-order chi connectivity index (χ1) is 11.7. The monoisotopic (exact) mass is 319 g/mol. The third kappa shape index (κ3) is 2.59. The van der Waals surface area contributed by atoms with Crippen LogP contribution < -0.4 is 0 Å². The Morgan fingerprint density at radius 3 is 2.50 bits per heavy atom. The van der Waals surface area contributed by atoms with Crippen LogP contribution in [0.4, 0.5) is 0 Å². The Labute approximate surface area is 141 Å². The van der Waals surface area contributed by atoms with Crippen molar-refractivity contribution in [3.8, 4) is 11.1 Å². The molecule has 0 radical (unpaired) electrons. The third-order valence-corrected chi connectivity index (χ3v) is 4.85. The van der Waals surface area contributed by atoms with Gasteiger partial charge in [0.1, 0.15) is 0 Å². The van der Waals surface area contributed by atoms with Crippen LogP contribution in [0.2, 0.25) is 0 Å². The molecule has 24 heavy (non-hydrogen) atoms. The molecule has 4 nitrogen and oxygen atoms in total. The van der Waals surface area contributed by atoms with Crippen molar-refractivity contribution in [1.82, 2.24) is 14.8 Å². The second-order valence-electron chi connectivity index (χ2n) is 6.40. The molecule has 1 aliphatic rings. The molecule has 1 fully saturated rings. The van der Waals surface area contributed by atoms with Gasteiger partial charge in [0, 0.05) is 44.1 Å². The molecule has 0 aliphatic carbocycles. The summed E-state index contributed by atoms with van der Waals surface area (Å²) < 4.78 is 0. The minimum absolute atomic E-state index is 0.118. The molecule has 0 atom stereocenters. The summed E-state index contributed by atoms with van der Waals surface area (Å²) in [6, 6.07) is 14.5. The van der Waals surface area contributed by atoms with Crippen molar-refractivity contribution in [3.63, 3.8) is 0 Å². The van der Waals surface area contributed by atoms with Gasteiger partial charge in [0.15, 0.2) is 0 Å². The topological polar surface area (TPSA) is 39.3 Å². The highest BCUT2D eigenvalue weighted by atomic mass is 16.2. The van der Waals surface area contributed by atoms with E-state index in [-0.39, 0.29) is 5.91 Å². The number of nitrogens with zero attached hydrogens (tertiary/aromatic N) is 2. The van der Waals surface area contributed by atoms with Gasteiger partial charge in [-0.25, -0.2) is 0 Å². The van der Waals surface area contributed by atoms with Crippen LogP contribution in [0.3, 0.4) is 0 Å². The lowest BCUT2D eigenvalue weighted by atomic mass is 9.97. The second-order valence-corrected chi connectivity index (χ2v) is 6.40. The second kappa shape index (κ2) is 6.13. The summed E-state index contributed by atoms with van der Waals surface area (Å²) in [5, 5.41) is 2.36. The fraction of sp³-hybridized carbons (Fsp3) is 0.250. The maximum atomic E-state index is 13.0. The van der Waals surface area contributed by atoms with Crippen molar-refractivity contribution in [2.45, 2.75) is 0 Å². The number of aromatic nitrogens is 1. The van der Waals surface area contributed by atoms with E-state index in [1.54, 1.807) is 0 Å². The molecule has 4 heteroatoms. The molecular formula is C20H21N3O. The summed E-state index contributed by atoms with van der Waals surface area (Å²) >= 11 is 0. The molecule has 4 rings (SSSR count). The number of hydrogen-bond acceptors (Lipinski definition) is 2. The van der Waals surface area contributed by atoms with Crippen molar-refractivity contribution in [2.75, 3.05) is 33.2 Å². The average molecular weight is 319 g/mol. The fourth-order valence-corrected chi connectivity index (χ4v) is 3.40. The first-order valence-corrected chi connectivity index (χ1v) is 8.37. The fourth-order valence-electron chi connectivity index (χ4n) is 3.40. The first-order valence-electron chi connectivity index (χ1n) is 8.37. The zero-order valence-electron chi connectivity index (χ0n) is 13.8. The first kappa shape index (κ1) is 15.0. The van der Waals surface area contributed by atoms with Crippen molar-refractivity contribution < 1.29 is 4.79 Å². The van der Waals surface area contributed by atoms with E-state index in [9.17, 15) is 4.79 Å². The summed E-state index contributed by atoms with van der Waals surface area (Å²) in [5.41, 5.74) is 2.85. The van der Waals surface area contributed by atoms with Gasteiger partial charge >= 0.3 is 0 Å². The van der Waals surface area contributed by atoms with E-state index in [1.165, 1.54) is 10.8 Å². The summed E-state index contributed by atoms with van der Waals surface area (Å²) in [7, 11) is 2.10. The predicted molar refractivity (Wildman–Crippen MR) is 97.1 cm³/mol. The molecule has 3 aromatic rings. The lowest BCUT2D eigenvalue weighted by Crippen LogP contribution is -2.47. The minimum Gasteiger partial charge on any atom is -0.366 e. The molecule has 1 aliphatic heterocycles. The highest BCUT2D eigenvalue weighted by molar-refractivity contribution is 6.05. The Bertz CT molecular complexity index is 870. The van der Waals surface area contributed by atoms with Gasteiger partial charge in [-0.05, 0) is 23.4 Å². The zero-order valence-corrected chi connectivity index (χ0v) is 13.8. The molecule has 1 saturated heterocycles. The predicted octanol–water partition coefficient (Wildman–Crippen LogP) is 3.22. The number of nitrogens with one attached hydrogen (secondary N) is 1. The standard InChI is InChI=1S/C20H21N3O/c1-22-9-11-23(12-10-22)20(24)19-14-21-13-18(19)17-8-4-6-15-5-2-3-7-16(15)17/h2-8,13-14,21H,9-12H2,1H3. The van der Waals surface area contributed by atoms with Gasteiger partial charge in [0.25, 0.3) is 5.91 Å². The van der Waals surface area contributed by atoms with Crippen LogP contribution >= 0.6 is 0 Å². The number of carbonyl (C=O) groups excluding carboxylic acids is 1. The molecule has 122 valence electrons. The number of hydrogen-bond donors (Lipinski definition) is 1. The number of aromatic amines is 1. The van der Waals surface area contributed by atoms with Crippen LogP contribution in [-0.2, 0) is 0 Å². The molecule has 2 heterocycles. The average Bonchev–Trinajstić information content (AvgIpc) is 3.11. The van der Waals surface area contributed by atoms with E-state index < -0.39 is 0 Å². The Hall–Kier alpha value is -2.59. The van der Waals surface area contributed by atoms with Crippen LogP contribution in [0.15, 0.2) is 54.9 Å². The SMILES string of the molecule is CN1CCN(C(=O)c2c[nH]cc2-c2cccc3ccccc23)CC1. The minimum atomic E-state index is 0.118. The molecule has 1 amide bonds. The zero-order chi connectivity index (χ0) is 16.5. The van der Waals surface area contributed by atoms with Crippen LogP contribution in [0.1, 0.15) is 10.4 Å². The quantitative estimate of drug-likeness (QED) is 0.788. The van der Waals surface area contributed by atoms with Crippen molar-refractivity contribution in [1.29, 1.82) is 0 Å². The van der Waals surface area contributed by atoms with E-state index in [0.717, 1.165) is 42.9 Å². The number of benzene rings is 2. The molecule has 0 unspecified atom stereocenters. The molecule has 0 saturated carbocycles. The van der Waals surface area contributed by atoms with Crippen molar-refractivity contribution in [2.24, 2.45) is 0 Å². The molecule has 0 spiro atoms. The van der Waals surface area contributed by atoms with Gasteiger partial charge in [0.2, 0.25) is 0 Å². The van der Waals surface area contributed by atoms with Gasteiger partial charge in [-0.2, -0.15) is 0 Å². The third-order valence-electron chi connectivity index (χ3n) is 4.85. The van der Waals surface area contributed by atoms with Crippen LogP contribution in [0.25, 0.3) is 21.9 Å². The maximum Gasteiger partial charge on any atom is 0.256 e. The molecule has 1 N–H and O–H groups in total. The number of H-pyrrole nitrogens is 1. The Morgan fingerprint density at radius 2 is 1.67 bits per heavy atom. The van der Waals surface area contributed by atoms with Gasteiger partial charge in [-0.3, -0.25) is 4.79 Å². The van der Waals surface area contributed by atoms with Gasteiger partial charge in [0.05, 0.1) is 5.56 Å². The molecule has 2 aromatic carbocycles. The normalized spacial score (nSPS) is 15.8. The lowest BCUT2D eigenvalue weighted by Gasteiger charge is -2.32. The lowest BCUT2D eigenvalue weighted by molar-refractivity contribution is 0.0665. The van der Waals surface area contributed by atoms with Gasteiger partial charge < -0.3 is 14.8 Å². The number of piperazine rings is 1. The van der Waals surface area contributed by atoms with E-state index in [1.807, 2.05) is 29.4 Å². The van der Waals surface area contributed by atoms with Gasteiger partial charge in [-0.15, -0.1) is 0 Å². The number of rotatable bonds is 2. The molecular weight excluding hydrogens is 298 g/mol. The van der Waals surface area contributed by atoms with Crippen molar-refractivity contribution in [3.05, 3.63) is 60.4 Å². The Balaban J connectivity index is 1.73. The Morgan fingerprint density at radius 1 is 0.917 bits per heavy atom.